The molecule has 0 aromatic heterocycles. The van der Waals surface area contributed by atoms with Gasteiger partial charge in [-0.1, -0.05) is 30.3 Å². The van der Waals surface area contributed by atoms with Crippen LogP contribution >= 0.6 is 11.8 Å². The molecule has 4 heteroatoms. The van der Waals surface area contributed by atoms with E-state index in [4.69, 9.17) is 4.74 Å². The Labute approximate surface area is 133 Å². The molecular weight excluding hydrogens is 296 g/mol. The minimum Gasteiger partial charge on any atom is -0.466 e. The molecule has 3 nitrogen and oxygen atoms in total. The predicted octanol–water partition coefficient (Wildman–Crippen LogP) is 3.63. The third kappa shape index (κ3) is 2.92. The number of ketones is 1. The number of hydrogen-bond donors (Lipinski definition) is 0. The minimum absolute atomic E-state index is 0.0540. The van der Waals surface area contributed by atoms with E-state index in [0.29, 0.717) is 12.2 Å². The second kappa shape index (κ2) is 6.36. The van der Waals surface area contributed by atoms with E-state index in [-0.39, 0.29) is 18.2 Å². The van der Waals surface area contributed by atoms with Gasteiger partial charge in [0, 0.05) is 21.8 Å². The average Bonchev–Trinajstić information content (AvgIpc) is 2.65. The fraction of sp³-hybridized carbons (Fsp3) is 0.222. The highest BCUT2D eigenvalue weighted by Crippen LogP contribution is 2.34. The van der Waals surface area contributed by atoms with Crippen molar-refractivity contribution in [2.75, 3.05) is 6.61 Å². The van der Waals surface area contributed by atoms with Gasteiger partial charge in [0.05, 0.1) is 13.0 Å². The summed E-state index contributed by atoms with van der Waals surface area (Å²) in [4.78, 5) is 25.2. The SMILES string of the molecule is CCOC(=O)Cc1ccc2c(c1)SCc1ccccc1C2=O. The molecule has 0 bridgehead atoms. The molecule has 2 aromatic rings. The van der Waals surface area contributed by atoms with Gasteiger partial charge in [-0.15, -0.1) is 11.8 Å². The lowest BCUT2D eigenvalue weighted by Gasteiger charge is -2.07. The van der Waals surface area contributed by atoms with Gasteiger partial charge < -0.3 is 4.74 Å². The van der Waals surface area contributed by atoms with Gasteiger partial charge in [-0.05, 0) is 30.2 Å². The molecule has 2 aromatic carbocycles. The standard InChI is InChI=1S/C18H16O3S/c1-2-21-17(19)10-12-7-8-15-16(9-12)22-11-13-5-3-4-6-14(13)18(15)20/h3-9H,2,10-11H2,1H3. The normalized spacial score (nSPS) is 13.0. The zero-order valence-electron chi connectivity index (χ0n) is 12.3. The first-order valence-corrected chi connectivity index (χ1v) is 8.21. The molecule has 0 saturated heterocycles. The van der Waals surface area contributed by atoms with E-state index in [2.05, 4.69) is 0 Å². The first kappa shape index (κ1) is 14.9. The molecule has 22 heavy (non-hydrogen) atoms. The second-order valence-corrected chi connectivity index (χ2v) is 6.10. The first-order valence-electron chi connectivity index (χ1n) is 7.23. The molecule has 0 N–H and O–H groups in total. The Morgan fingerprint density at radius 2 is 2.00 bits per heavy atom. The number of rotatable bonds is 3. The van der Waals surface area contributed by atoms with E-state index in [1.54, 1.807) is 18.7 Å². The molecule has 1 heterocycles. The van der Waals surface area contributed by atoms with Crippen molar-refractivity contribution in [2.45, 2.75) is 24.0 Å². The fourth-order valence-corrected chi connectivity index (χ4v) is 3.64. The van der Waals surface area contributed by atoms with Crippen molar-refractivity contribution in [1.29, 1.82) is 0 Å². The van der Waals surface area contributed by atoms with Crippen molar-refractivity contribution in [3.63, 3.8) is 0 Å². The number of thioether (sulfide) groups is 1. The maximum Gasteiger partial charge on any atom is 0.310 e. The van der Waals surface area contributed by atoms with Crippen molar-refractivity contribution in [3.05, 3.63) is 64.7 Å². The molecule has 0 fully saturated rings. The first-order chi connectivity index (χ1) is 10.7. The fourth-order valence-electron chi connectivity index (χ4n) is 2.53. The zero-order valence-corrected chi connectivity index (χ0v) is 13.1. The van der Waals surface area contributed by atoms with Crippen LogP contribution in [-0.4, -0.2) is 18.4 Å². The highest BCUT2D eigenvalue weighted by Gasteiger charge is 2.21. The van der Waals surface area contributed by atoms with Crippen molar-refractivity contribution in [3.8, 4) is 0 Å². The molecule has 0 atom stereocenters. The number of esters is 1. The lowest BCUT2D eigenvalue weighted by molar-refractivity contribution is -0.142. The number of benzene rings is 2. The quantitative estimate of drug-likeness (QED) is 0.812. The second-order valence-electron chi connectivity index (χ2n) is 5.09. The zero-order chi connectivity index (χ0) is 15.5. The summed E-state index contributed by atoms with van der Waals surface area (Å²) in [6.45, 7) is 2.17. The Balaban J connectivity index is 1.92. The van der Waals surface area contributed by atoms with Gasteiger partial charge in [-0.3, -0.25) is 9.59 Å². The van der Waals surface area contributed by atoms with E-state index >= 15 is 0 Å². The summed E-state index contributed by atoms with van der Waals surface area (Å²) < 4.78 is 4.97. The van der Waals surface area contributed by atoms with Crippen molar-refractivity contribution < 1.29 is 14.3 Å². The van der Waals surface area contributed by atoms with Crippen LogP contribution in [0.2, 0.25) is 0 Å². The summed E-state index contributed by atoms with van der Waals surface area (Å²) in [5.74, 6) is 0.576. The van der Waals surface area contributed by atoms with E-state index < -0.39 is 0 Å². The number of ether oxygens (including phenoxy) is 1. The maximum atomic E-state index is 12.7. The Morgan fingerprint density at radius 3 is 2.82 bits per heavy atom. The van der Waals surface area contributed by atoms with Gasteiger partial charge >= 0.3 is 5.97 Å². The summed E-state index contributed by atoms with van der Waals surface area (Å²) in [6.07, 6.45) is 0.239. The van der Waals surface area contributed by atoms with Crippen molar-refractivity contribution >= 4 is 23.5 Å². The van der Waals surface area contributed by atoms with Crippen LogP contribution in [-0.2, 0) is 21.7 Å². The predicted molar refractivity (Wildman–Crippen MR) is 86.2 cm³/mol. The van der Waals surface area contributed by atoms with Crippen LogP contribution in [0.4, 0.5) is 0 Å². The molecule has 1 aliphatic heterocycles. The lowest BCUT2D eigenvalue weighted by atomic mass is 9.98. The lowest BCUT2D eigenvalue weighted by Crippen LogP contribution is -2.08. The van der Waals surface area contributed by atoms with E-state index in [9.17, 15) is 9.59 Å². The number of carbonyl (C=O) groups excluding carboxylic acids is 2. The van der Waals surface area contributed by atoms with Crippen LogP contribution < -0.4 is 0 Å². The van der Waals surface area contributed by atoms with Crippen molar-refractivity contribution in [2.24, 2.45) is 0 Å². The Morgan fingerprint density at radius 1 is 1.18 bits per heavy atom. The molecule has 0 unspecified atom stereocenters. The van der Waals surface area contributed by atoms with Crippen LogP contribution in [0.3, 0.4) is 0 Å². The van der Waals surface area contributed by atoms with Crippen LogP contribution in [0.1, 0.15) is 34.0 Å². The molecule has 3 rings (SSSR count). The Bertz CT molecular complexity index is 737. The van der Waals surface area contributed by atoms with Gasteiger partial charge in [0.1, 0.15) is 0 Å². The van der Waals surface area contributed by atoms with E-state index in [1.165, 1.54) is 0 Å². The monoisotopic (exact) mass is 312 g/mol. The van der Waals surface area contributed by atoms with Gasteiger partial charge in [-0.2, -0.15) is 0 Å². The molecule has 0 radical (unpaired) electrons. The highest BCUT2D eigenvalue weighted by molar-refractivity contribution is 7.98. The molecule has 112 valence electrons. The third-order valence-electron chi connectivity index (χ3n) is 3.59. The van der Waals surface area contributed by atoms with Crippen LogP contribution in [0.25, 0.3) is 0 Å². The van der Waals surface area contributed by atoms with Gasteiger partial charge in [0.15, 0.2) is 5.78 Å². The van der Waals surface area contributed by atoms with Crippen molar-refractivity contribution in [1.82, 2.24) is 0 Å². The number of fused-ring (bicyclic) bond motifs is 2. The molecule has 1 aliphatic rings. The summed E-state index contributed by atoms with van der Waals surface area (Å²) in [7, 11) is 0. The van der Waals surface area contributed by atoms with Crippen LogP contribution in [0.5, 0.6) is 0 Å². The Kier molecular flexibility index (Phi) is 4.29. The molecular formula is C18H16O3S. The molecule has 0 spiro atoms. The smallest absolute Gasteiger partial charge is 0.310 e. The minimum atomic E-state index is -0.240. The highest BCUT2D eigenvalue weighted by atomic mass is 32.2. The molecule has 0 amide bonds. The average molecular weight is 312 g/mol. The van der Waals surface area contributed by atoms with Crippen LogP contribution in [0, 0.1) is 0 Å². The van der Waals surface area contributed by atoms with Gasteiger partial charge in [-0.25, -0.2) is 0 Å². The third-order valence-corrected chi connectivity index (χ3v) is 4.69. The molecule has 0 aliphatic carbocycles. The summed E-state index contributed by atoms with van der Waals surface area (Å²) in [6, 6.07) is 13.3. The molecule has 0 saturated carbocycles. The summed E-state index contributed by atoms with van der Waals surface area (Å²) in [5, 5.41) is 0. The maximum absolute atomic E-state index is 12.7. The van der Waals surface area contributed by atoms with Gasteiger partial charge in [0.2, 0.25) is 0 Å². The largest absolute Gasteiger partial charge is 0.466 e. The van der Waals surface area contributed by atoms with Crippen LogP contribution in [0.15, 0.2) is 47.4 Å². The Hall–Kier alpha value is -2.07. The van der Waals surface area contributed by atoms with E-state index in [0.717, 1.165) is 27.3 Å². The number of carbonyl (C=O) groups is 2. The van der Waals surface area contributed by atoms with Gasteiger partial charge in [0.25, 0.3) is 0 Å². The number of hydrogen-bond acceptors (Lipinski definition) is 4. The summed E-state index contributed by atoms with van der Waals surface area (Å²) >= 11 is 1.64. The summed E-state index contributed by atoms with van der Waals surface area (Å²) in [5.41, 5.74) is 3.42. The van der Waals surface area contributed by atoms with E-state index in [1.807, 2.05) is 42.5 Å². The topological polar surface area (TPSA) is 43.4 Å².